The molecule has 2 N–H and O–H groups in total. The van der Waals surface area contributed by atoms with E-state index in [0.29, 0.717) is 19.4 Å². The number of amides is 1. The van der Waals surface area contributed by atoms with E-state index in [-0.39, 0.29) is 13.0 Å². The Kier molecular flexibility index (Phi) is 8.00. The lowest BCUT2D eigenvalue weighted by atomic mass is 10.1. The zero-order chi connectivity index (χ0) is 16.2. The number of unbranched alkanes of at least 4 members (excludes halogenated alkanes) is 1. The molecule has 0 spiro atoms. The van der Waals surface area contributed by atoms with Gasteiger partial charge in [0.2, 0.25) is 6.08 Å². The molecule has 1 aromatic rings. The minimum atomic E-state index is -1.15. The van der Waals surface area contributed by atoms with Crippen LogP contribution in [0, 0.1) is 0 Å². The summed E-state index contributed by atoms with van der Waals surface area (Å²) in [5.74, 6) is -1.15. The Hall–Kier alpha value is -2.66. The Bertz CT molecular complexity index is 524. The lowest BCUT2D eigenvalue weighted by Crippen LogP contribution is -2.25. The molecule has 0 bridgehead atoms. The number of rotatable bonds is 9. The van der Waals surface area contributed by atoms with Crippen molar-refractivity contribution in [2.24, 2.45) is 4.99 Å². The first-order chi connectivity index (χ1) is 10.6. The number of carbonyl (C=O) groups excluding carboxylic acids is 2. The van der Waals surface area contributed by atoms with Crippen LogP contribution in [-0.4, -0.2) is 35.8 Å². The van der Waals surface area contributed by atoms with Crippen LogP contribution < -0.4 is 5.32 Å². The van der Waals surface area contributed by atoms with Gasteiger partial charge in [-0.3, -0.25) is 0 Å². The fourth-order valence-corrected chi connectivity index (χ4v) is 1.73. The molecular weight excluding hydrogens is 288 g/mol. The summed E-state index contributed by atoms with van der Waals surface area (Å²) in [6.07, 6.45) is 2.03. The first-order valence-corrected chi connectivity index (χ1v) is 6.88. The summed E-state index contributed by atoms with van der Waals surface area (Å²) in [7, 11) is 0. The van der Waals surface area contributed by atoms with E-state index in [1.807, 2.05) is 30.3 Å². The third-order valence-corrected chi connectivity index (χ3v) is 2.88. The number of carboxylic acid groups (broad SMARTS) is 1. The maximum atomic E-state index is 11.4. The van der Waals surface area contributed by atoms with Gasteiger partial charge in [-0.2, -0.15) is 4.99 Å². The van der Waals surface area contributed by atoms with Crippen molar-refractivity contribution < 1.29 is 24.2 Å². The normalized spacial score (nSPS) is 11.1. The number of nitrogens with zero attached hydrogens (tertiary/aromatic N) is 1. The van der Waals surface area contributed by atoms with E-state index in [4.69, 9.17) is 9.84 Å². The van der Waals surface area contributed by atoms with Crippen molar-refractivity contribution in [1.82, 2.24) is 5.32 Å². The van der Waals surface area contributed by atoms with Gasteiger partial charge in [0.15, 0.2) is 6.04 Å². The van der Waals surface area contributed by atoms with Crippen LogP contribution in [0.1, 0.15) is 24.8 Å². The molecule has 1 atom stereocenters. The highest BCUT2D eigenvalue weighted by molar-refractivity contribution is 5.74. The smallest absolute Gasteiger partial charge is 0.407 e. The highest BCUT2D eigenvalue weighted by Gasteiger charge is 2.15. The molecule has 0 aliphatic carbocycles. The van der Waals surface area contributed by atoms with Crippen LogP contribution in [0.15, 0.2) is 35.3 Å². The van der Waals surface area contributed by atoms with Gasteiger partial charge >= 0.3 is 12.1 Å². The van der Waals surface area contributed by atoms with Gasteiger partial charge in [0.25, 0.3) is 0 Å². The molecule has 0 saturated carbocycles. The largest absolute Gasteiger partial charge is 0.480 e. The molecule has 7 nitrogen and oxygen atoms in total. The van der Waals surface area contributed by atoms with E-state index in [9.17, 15) is 14.4 Å². The molecule has 118 valence electrons. The quantitative estimate of drug-likeness (QED) is 0.411. The molecule has 7 heteroatoms. The van der Waals surface area contributed by atoms with Crippen LogP contribution in [0.3, 0.4) is 0 Å². The first kappa shape index (κ1) is 17.4. The lowest BCUT2D eigenvalue weighted by molar-refractivity contribution is -0.138. The molecule has 0 heterocycles. The summed E-state index contributed by atoms with van der Waals surface area (Å²) in [4.78, 5) is 35.4. The molecule has 1 aromatic carbocycles. The molecule has 0 unspecified atom stereocenters. The molecule has 0 radical (unpaired) electrons. The molecule has 1 rings (SSSR count). The maximum absolute atomic E-state index is 11.4. The monoisotopic (exact) mass is 306 g/mol. The van der Waals surface area contributed by atoms with Gasteiger partial charge in [-0.25, -0.2) is 14.4 Å². The zero-order valence-electron chi connectivity index (χ0n) is 12.0. The number of ether oxygens (including phenoxy) is 1. The van der Waals surface area contributed by atoms with E-state index in [1.54, 1.807) is 0 Å². The number of isocyanates is 1. The zero-order valence-corrected chi connectivity index (χ0v) is 12.0. The lowest BCUT2D eigenvalue weighted by Gasteiger charge is -2.08. The number of alkyl carbamates (subject to hydrolysis) is 1. The van der Waals surface area contributed by atoms with Crippen molar-refractivity contribution in [3.8, 4) is 0 Å². The third kappa shape index (κ3) is 7.21. The summed E-state index contributed by atoms with van der Waals surface area (Å²) in [5.41, 5.74) is 0.897. The highest BCUT2D eigenvalue weighted by atomic mass is 16.5. The molecule has 1 amide bonds. The SMILES string of the molecule is O=C=N[C@@H](CCCCNC(=O)OCc1ccccc1)C(=O)O. The van der Waals surface area contributed by atoms with Crippen LogP contribution in [0.5, 0.6) is 0 Å². The molecule has 0 saturated heterocycles. The van der Waals surface area contributed by atoms with Crippen LogP contribution in [0.25, 0.3) is 0 Å². The topological polar surface area (TPSA) is 105 Å². The molecular formula is C15H18N2O5. The van der Waals surface area contributed by atoms with E-state index in [1.165, 1.54) is 6.08 Å². The number of aliphatic imine (C=N–C) groups is 1. The summed E-state index contributed by atoms with van der Waals surface area (Å²) < 4.78 is 5.02. The average molecular weight is 306 g/mol. The van der Waals surface area contributed by atoms with Gasteiger partial charge in [0.1, 0.15) is 6.61 Å². The molecule has 0 aliphatic heterocycles. The second-order valence-electron chi connectivity index (χ2n) is 4.56. The van der Waals surface area contributed by atoms with Crippen LogP contribution in [-0.2, 0) is 20.9 Å². The van der Waals surface area contributed by atoms with Crippen molar-refractivity contribution in [3.63, 3.8) is 0 Å². The Morgan fingerprint density at radius 2 is 2.00 bits per heavy atom. The van der Waals surface area contributed by atoms with Crippen molar-refractivity contribution in [2.75, 3.05) is 6.54 Å². The van der Waals surface area contributed by atoms with Crippen LogP contribution >= 0.6 is 0 Å². The molecule has 0 fully saturated rings. The fraction of sp³-hybridized carbons (Fsp3) is 0.400. The molecule has 0 aromatic heterocycles. The summed E-state index contributed by atoms with van der Waals surface area (Å²) in [6, 6.07) is 8.24. The average Bonchev–Trinajstić information content (AvgIpc) is 2.52. The summed E-state index contributed by atoms with van der Waals surface area (Å²) >= 11 is 0. The molecule has 0 aliphatic rings. The Labute approximate surface area is 128 Å². The van der Waals surface area contributed by atoms with E-state index >= 15 is 0 Å². The van der Waals surface area contributed by atoms with Crippen molar-refractivity contribution in [3.05, 3.63) is 35.9 Å². The van der Waals surface area contributed by atoms with Gasteiger partial charge in [-0.15, -0.1) is 0 Å². The van der Waals surface area contributed by atoms with Crippen LogP contribution in [0.2, 0.25) is 0 Å². The van der Waals surface area contributed by atoms with Gasteiger partial charge in [-0.05, 0) is 24.8 Å². The van der Waals surface area contributed by atoms with Gasteiger partial charge in [-0.1, -0.05) is 30.3 Å². The number of benzene rings is 1. The predicted molar refractivity (Wildman–Crippen MR) is 78.0 cm³/mol. The van der Waals surface area contributed by atoms with Gasteiger partial charge < -0.3 is 15.2 Å². The molecule has 22 heavy (non-hydrogen) atoms. The van der Waals surface area contributed by atoms with E-state index in [0.717, 1.165) is 5.56 Å². The standard InChI is InChI=1S/C15H18N2O5/c18-11-17-13(14(19)20)8-4-5-9-16-15(21)22-10-12-6-2-1-3-7-12/h1-3,6-7,13H,4-5,8-10H2,(H,16,21)(H,19,20)/t13-/m0/s1. The Morgan fingerprint density at radius 3 is 2.64 bits per heavy atom. The van der Waals surface area contributed by atoms with Crippen molar-refractivity contribution >= 4 is 18.1 Å². The Balaban J connectivity index is 2.12. The van der Waals surface area contributed by atoms with Gasteiger partial charge in [0, 0.05) is 6.54 Å². The number of hydrogen-bond acceptors (Lipinski definition) is 5. The van der Waals surface area contributed by atoms with Crippen molar-refractivity contribution in [2.45, 2.75) is 31.9 Å². The third-order valence-electron chi connectivity index (χ3n) is 2.88. The van der Waals surface area contributed by atoms with Crippen LogP contribution in [0.4, 0.5) is 4.79 Å². The van der Waals surface area contributed by atoms with E-state index in [2.05, 4.69) is 10.3 Å². The fourth-order valence-electron chi connectivity index (χ4n) is 1.73. The number of nitrogens with one attached hydrogen (secondary N) is 1. The maximum Gasteiger partial charge on any atom is 0.407 e. The summed E-state index contributed by atoms with van der Waals surface area (Å²) in [6.45, 7) is 0.562. The van der Waals surface area contributed by atoms with E-state index < -0.39 is 18.1 Å². The summed E-state index contributed by atoms with van der Waals surface area (Å²) in [5, 5.41) is 11.3. The Morgan fingerprint density at radius 1 is 1.27 bits per heavy atom. The number of hydrogen-bond donors (Lipinski definition) is 2. The number of aliphatic carboxylic acids is 1. The second kappa shape index (κ2) is 10.1. The number of carbonyl (C=O) groups is 2. The minimum absolute atomic E-state index is 0.196. The minimum Gasteiger partial charge on any atom is -0.480 e. The van der Waals surface area contributed by atoms with Gasteiger partial charge in [0.05, 0.1) is 0 Å². The highest BCUT2D eigenvalue weighted by Crippen LogP contribution is 2.04. The second-order valence-corrected chi connectivity index (χ2v) is 4.56. The first-order valence-electron chi connectivity index (χ1n) is 6.88. The van der Waals surface area contributed by atoms with Crippen molar-refractivity contribution in [1.29, 1.82) is 0 Å². The predicted octanol–water partition coefficient (Wildman–Crippen LogP) is 1.87. The number of carboxylic acids is 1.